The van der Waals surface area contributed by atoms with E-state index in [4.69, 9.17) is 4.74 Å². The summed E-state index contributed by atoms with van der Waals surface area (Å²) in [6, 6.07) is 8.16. The van der Waals surface area contributed by atoms with Crippen LogP contribution in [0.3, 0.4) is 0 Å². The minimum absolute atomic E-state index is 0.0249. The fourth-order valence-corrected chi connectivity index (χ4v) is 2.65. The summed E-state index contributed by atoms with van der Waals surface area (Å²) in [7, 11) is 1.65. The van der Waals surface area contributed by atoms with Gasteiger partial charge in [-0.05, 0) is 36.9 Å². The SMILES string of the molecule is COCCCNCC(O)C(=O)NC1CCc2ccccc21. The second-order valence-corrected chi connectivity index (χ2v) is 5.36. The zero-order valence-corrected chi connectivity index (χ0v) is 12.5. The number of ether oxygens (including phenoxy) is 1. The number of methoxy groups -OCH3 is 1. The number of hydrogen-bond acceptors (Lipinski definition) is 4. The van der Waals surface area contributed by atoms with Gasteiger partial charge in [0.25, 0.3) is 5.91 Å². The Morgan fingerprint density at radius 3 is 3.10 bits per heavy atom. The lowest BCUT2D eigenvalue weighted by Gasteiger charge is -2.17. The van der Waals surface area contributed by atoms with Gasteiger partial charge in [0.15, 0.2) is 0 Å². The van der Waals surface area contributed by atoms with Crippen molar-refractivity contribution in [2.45, 2.75) is 31.4 Å². The summed E-state index contributed by atoms with van der Waals surface area (Å²) in [6.07, 6.45) is 1.73. The van der Waals surface area contributed by atoms with Gasteiger partial charge in [0, 0.05) is 20.3 Å². The largest absolute Gasteiger partial charge is 0.385 e. The van der Waals surface area contributed by atoms with E-state index in [1.807, 2.05) is 18.2 Å². The smallest absolute Gasteiger partial charge is 0.250 e. The maximum Gasteiger partial charge on any atom is 0.250 e. The average molecular weight is 292 g/mol. The van der Waals surface area contributed by atoms with Gasteiger partial charge in [-0.25, -0.2) is 0 Å². The van der Waals surface area contributed by atoms with E-state index in [9.17, 15) is 9.90 Å². The van der Waals surface area contributed by atoms with Crippen molar-refractivity contribution in [3.8, 4) is 0 Å². The first-order valence-corrected chi connectivity index (χ1v) is 7.48. The van der Waals surface area contributed by atoms with Crippen LogP contribution in [-0.2, 0) is 16.0 Å². The number of benzene rings is 1. The molecule has 2 unspecified atom stereocenters. The number of aryl methyl sites for hydroxylation is 1. The number of rotatable bonds is 8. The first kappa shape index (κ1) is 15.9. The Balaban J connectivity index is 1.74. The fourth-order valence-electron chi connectivity index (χ4n) is 2.65. The maximum atomic E-state index is 12.0. The first-order chi connectivity index (χ1) is 10.2. The van der Waals surface area contributed by atoms with Crippen LogP contribution in [0.2, 0.25) is 0 Å². The monoisotopic (exact) mass is 292 g/mol. The van der Waals surface area contributed by atoms with Crippen LogP contribution in [0, 0.1) is 0 Å². The second kappa shape index (κ2) is 8.12. The van der Waals surface area contributed by atoms with Crippen molar-refractivity contribution in [1.29, 1.82) is 0 Å². The number of carbonyl (C=O) groups is 1. The molecule has 0 fully saturated rings. The Labute approximate surface area is 125 Å². The number of fused-ring (bicyclic) bond motifs is 1. The lowest BCUT2D eigenvalue weighted by atomic mass is 10.1. The van der Waals surface area contributed by atoms with E-state index in [0.29, 0.717) is 6.61 Å². The molecule has 0 bridgehead atoms. The van der Waals surface area contributed by atoms with Crippen molar-refractivity contribution in [3.05, 3.63) is 35.4 Å². The lowest BCUT2D eigenvalue weighted by Crippen LogP contribution is -2.42. The standard InChI is InChI=1S/C16H24N2O3/c1-21-10-4-9-17-11-15(19)16(20)18-14-8-7-12-5-2-3-6-13(12)14/h2-3,5-6,14-15,17,19H,4,7-11H2,1H3,(H,18,20). The van der Waals surface area contributed by atoms with Crippen LogP contribution in [-0.4, -0.2) is 43.9 Å². The third kappa shape index (κ3) is 4.52. The van der Waals surface area contributed by atoms with Crippen molar-refractivity contribution in [3.63, 3.8) is 0 Å². The molecule has 0 radical (unpaired) electrons. The average Bonchev–Trinajstić information content (AvgIpc) is 2.90. The molecule has 1 aromatic rings. The quantitative estimate of drug-likeness (QED) is 0.619. The van der Waals surface area contributed by atoms with Crippen LogP contribution in [0.5, 0.6) is 0 Å². The molecule has 1 aliphatic rings. The van der Waals surface area contributed by atoms with Gasteiger partial charge in [-0.3, -0.25) is 4.79 Å². The molecular formula is C16H24N2O3. The normalized spacial score (nSPS) is 18.3. The first-order valence-electron chi connectivity index (χ1n) is 7.48. The van der Waals surface area contributed by atoms with Gasteiger partial charge >= 0.3 is 0 Å². The fraction of sp³-hybridized carbons (Fsp3) is 0.562. The maximum absolute atomic E-state index is 12.0. The molecule has 5 nitrogen and oxygen atoms in total. The highest BCUT2D eigenvalue weighted by Gasteiger charge is 2.25. The molecule has 1 aliphatic carbocycles. The summed E-state index contributed by atoms with van der Waals surface area (Å²) < 4.78 is 4.94. The molecule has 1 aromatic carbocycles. The molecule has 0 saturated heterocycles. The molecule has 1 amide bonds. The Morgan fingerprint density at radius 2 is 2.29 bits per heavy atom. The van der Waals surface area contributed by atoms with E-state index in [-0.39, 0.29) is 18.5 Å². The molecule has 2 atom stereocenters. The van der Waals surface area contributed by atoms with E-state index in [2.05, 4.69) is 16.7 Å². The summed E-state index contributed by atoms with van der Waals surface area (Å²) in [5.74, 6) is -0.309. The Morgan fingerprint density at radius 1 is 1.48 bits per heavy atom. The van der Waals surface area contributed by atoms with Crippen molar-refractivity contribution < 1.29 is 14.6 Å². The van der Waals surface area contributed by atoms with Crippen LogP contribution in [0.25, 0.3) is 0 Å². The summed E-state index contributed by atoms with van der Waals surface area (Å²) in [6.45, 7) is 1.67. The molecule has 116 valence electrons. The van der Waals surface area contributed by atoms with Crippen LogP contribution in [0.1, 0.15) is 30.0 Å². The zero-order chi connectivity index (χ0) is 15.1. The molecule has 21 heavy (non-hydrogen) atoms. The summed E-state index contributed by atoms with van der Waals surface area (Å²) in [5.41, 5.74) is 2.46. The van der Waals surface area contributed by atoms with Crippen LogP contribution < -0.4 is 10.6 Å². The van der Waals surface area contributed by atoms with Crippen molar-refractivity contribution in [2.24, 2.45) is 0 Å². The highest BCUT2D eigenvalue weighted by atomic mass is 16.5. The molecule has 0 aliphatic heterocycles. The third-order valence-electron chi connectivity index (χ3n) is 3.79. The van der Waals surface area contributed by atoms with Gasteiger partial charge < -0.3 is 20.5 Å². The van der Waals surface area contributed by atoms with E-state index < -0.39 is 6.10 Å². The summed E-state index contributed by atoms with van der Waals surface area (Å²) in [4.78, 5) is 12.0. The van der Waals surface area contributed by atoms with Gasteiger partial charge in [0.05, 0.1) is 6.04 Å². The number of hydrogen-bond donors (Lipinski definition) is 3. The van der Waals surface area contributed by atoms with Gasteiger partial charge in [-0.1, -0.05) is 24.3 Å². The van der Waals surface area contributed by atoms with Crippen LogP contribution >= 0.6 is 0 Å². The number of aliphatic hydroxyl groups is 1. The molecule has 3 N–H and O–H groups in total. The third-order valence-corrected chi connectivity index (χ3v) is 3.79. The highest BCUT2D eigenvalue weighted by Crippen LogP contribution is 2.30. The number of aliphatic hydroxyl groups excluding tert-OH is 1. The molecular weight excluding hydrogens is 268 g/mol. The van der Waals surface area contributed by atoms with Gasteiger partial charge in [-0.15, -0.1) is 0 Å². The Hall–Kier alpha value is -1.43. The number of nitrogens with one attached hydrogen (secondary N) is 2. The number of carbonyl (C=O) groups excluding carboxylic acids is 1. The van der Waals surface area contributed by atoms with Crippen molar-refractivity contribution >= 4 is 5.91 Å². The van der Waals surface area contributed by atoms with Crippen LogP contribution in [0.4, 0.5) is 0 Å². The molecule has 0 saturated carbocycles. The minimum atomic E-state index is -1.01. The molecule has 0 spiro atoms. The Bertz CT molecular complexity index is 465. The van der Waals surface area contributed by atoms with Gasteiger partial charge in [-0.2, -0.15) is 0 Å². The zero-order valence-electron chi connectivity index (χ0n) is 12.5. The minimum Gasteiger partial charge on any atom is -0.385 e. The van der Waals surface area contributed by atoms with Crippen molar-refractivity contribution in [1.82, 2.24) is 10.6 Å². The van der Waals surface area contributed by atoms with E-state index in [0.717, 1.165) is 25.8 Å². The summed E-state index contributed by atoms with van der Waals surface area (Å²) >= 11 is 0. The van der Waals surface area contributed by atoms with Crippen molar-refractivity contribution in [2.75, 3.05) is 26.8 Å². The predicted molar refractivity (Wildman–Crippen MR) is 81.0 cm³/mol. The number of amides is 1. The second-order valence-electron chi connectivity index (χ2n) is 5.36. The Kier molecular flexibility index (Phi) is 6.17. The lowest BCUT2D eigenvalue weighted by molar-refractivity contribution is -0.129. The predicted octanol–water partition coefficient (Wildman–Crippen LogP) is 0.777. The van der Waals surface area contributed by atoms with Gasteiger partial charge in [0.1, 0.15) is 6.10 Å². The van der Waals surface area contributed by atoms with E-state index in [1.54, 1.807) is 7.11 Å². The molecule has 5 heteroatoms. The molecule has 0 aromatic heterocycles. The van der Waals surface area contributed by atoms with Crippen LogP contribution in [0.15, 0.2) is 24.3 Å². The molecule has 0 heterocycles. The van der Waals surface area contributed by atoms with E-state index >= 15 is 0 Å². The highest BCUT2D eigenvalue weighted by molar-refractivity contribution is 5.81. The topological polar surface area (TPSA) is 70.6 Å². The summed E-state index contributed by atoms with van der Waals surface area (Å²) in [5, 5.41) is 15.9. The van der Waals surface area contributed by atoms with E-state index in [1.165, 1.54) is 11.1 Å². The van der Waals surface area contributed by atoms with Gasteiger partial charge in [0.2, 0.25) is 0 Å². The molecule has 2 rings (SSSR count).